The molecule has 5 nitrogen and oxygen atoms in total. The van der Waals surface area contributed by atoms with Crippen LogP contribution in [-0.4, -0.2) is 85.0 Å². The highest BCUT2D eigenvalue weighted by Crippen LogP contribution is 2.23. The minimum atomic E-state index is 0. The SMILES string of the molecule is CC1CCC(C)N1CCN1CCN(C(=O)CCC2CCNCC2)CC1.Cl.Cl. The van der Waals surface area contributed by atoms with E-state index in [1.54, 1.807) is 0 Å². The maximum absolute atomic E-state index is 12.5. The van der Waals surface area contributed by atoms with Gasteiger partial charge in [-0.1, -0.05) is 0 Å². The van der Waals surface area contributed by atoms with Gasteiger partial charge in [0, 0.05) is 57.8 Å². The van der Waals surface area contributed by atoms with Crippen molar-refractivity contribution in [1.82, 2.24) is 20.0 Å². The number of carbonyl (C=O) groups is 1. The monoisotopic (exact) mass is 422 g/mol. The predicted molar refractivity (Wildman–Crippen MR) is 117 cm³/mol. The van der Waals surface area contributed by atoms with Gasteiger partial charge in [-0.15, -0.1) is 24.8 Å². The Morgan fingerprint density at radius 2 is 1.48 bits per heavy atom. The van der Waals surface area contributed by atoms with E-state index in [0.717, 1.165) is 76.7 Å². The Labute approximate surface area is 178 Å². The number of likely N-dealkylation sites (tertiary alicyclic amines) is 1. The predicted octanol–water partition coefficient (Wildman–Crippen LogP) is 2.63. The second-order valence-electron chi connectivity index (χ2n) is 8.47. The molecule has 0 aliphatic carbocycles. The molecule has 27 heavy (non-hydrogen) atoms. The third-order valence-electron chi connectivity index (χ3n) is 6.76. The average Bonchev–Trinajstić information content (AvgIpc) is 2.97. The van der Waals surface area contributed by atoms with Gasteiger partial charge in [-0.3, -0.25) is 14.6 Å². The van der Waals surface area contributed by atoms with Crippen molar-refractivity contribution in [3.63, 3.8) is 0 Å². The highest BCUT2D eigenvalue weighted by molar-refractivity contribution is 5.85. The summed E-state index contributed by atoms with van der Waals surface area (Å²) in [6.07, 6.45) is 7.03. The Hall–Kier alpha value is -0.0700. The summed E-state index contributed by atoms with van der Waals surface area (Å²) in [5, 5.41) is 3.40. The Bertz CT molecular complexity index is 416. The van der Waals surface area contributed by atoms with E-state index in [4.69, 9.17) is 0 Å². The molecule has 1 N–H and O–H groups in total. The van der Waals surface area contributed by atoms with Gasteiger partial charge in [0.05, 0.1) is 0 Å². The third kappa shape index (κ3) is 7.36. The second kappa shape index (κ2) is 12.5. The van der Waals surface area contributed by atoms with Crippen LogP contribution in [0, 0.1) is 5.92 Å². The van der Waals surface area contributed by atoms with Gasteiger partial charge in [0.1, 0.15) is 0 Å². The Kier molecular flexibility index (Phi) is 11.5. The lowest BCUT2D eigenvalue weighted by Gasteiger charge is -2.36. The lowest BCUT2D eigenvalue weighted by atomic mass is 9.93. The van der Waals surface area contributed by atoms with E-state index in [1.165, 1.54) is 32.2 Å². The average molecular weight is 423 g/mol. The van der Waals surface area contributed by atoms with Crippen molar-refractivity contribution in [3.05, 3.63) is 0 Å². The molecular formula is C20H40Cl2N4O. The lowest BCUT2D eigenvalue weighted by Crippen LogP contribution is -2.50. The van der Waals surface area contributed by atoms with Crippen molar-refractivity contribution >= 4 is 30.7 Å². The summed E-state index contributed by atoms with van der Waals surface area (Å²) in [6.45, 7) is 13.3. The molecule has 7 heteroatoms. The molecule has 0 aromatic rings. The summed E-state index contributed by atoms with van der Waals surface area (Å²) in [5.41, 5.74) is 0. The molecule has 3 saturated heterocycles. The van der Waals surface area contributed by atoms with Gasteiger partial charge >= 0.3 is 0 Å². The number of nitrogens with zero attached hydrogens (tertiary/aromatic N) is 3. The van der Waals surface area contributed by atoms with Crippen LogP contribution in [0.15, 0.2) is 0 Å². The summed E-state index contributed by atoms with van der Waals surface area (Å²) >= 11 is 0. The molecule has 0 radical (unpaired) electrons. The van der Waals surface area contributed by atoms with Gasteiger partial charge in [0.15, 0.2) is 0 Å². The maximum Gasteiger partial charge on any atom is 0.222 e. The summed E-state index contributed by atoms with van der Waals surface area (Å²) in [5.74, 6) is 1.15. The molecule has 3 aliphatic rings. The van der Waals surface area contributed by atoms with Gasteiger partial charge in [-0.2, -0.15) is 0 Å². The first kappa shape index (κ1) is 25.0. The summed E-state index contributed by atoms with van der Waals surface area (Å²) in [4.78, 5) is 19.8. The fourth-order valence-electron chi connectivity index (χ4n) is 4.82. The molecule has 2 atom stereocenters. The number of hydrogen-bond acceptors (Lipinski definition) is 4. The van der Waals surface area contributed by atoms with E-state index in [2.05, 4.69) is 33.9 Å². The molecule has 0 spiro atoms. The van der Waals surface area contributed by atoms with E-state index < -0.39 is 0 Å². The maximum atomic E-state index is 12.5. The van der Waals surface area contributed by atoms with Crippen molar-refractivity contribution in [2.75, 3.05) is 52.4 Å². The first-order chi connectivity index (χ1) is 12.1. The highest BCUT2D eigenvalue weighted by Gasteiger charge is 2.28. The van der Waals surface area contributed by atoms with E-state index >= 15 is 0 Å². The van der Waals surface area contributed by atoms with Crippen LogP contribution in [0.5, 0.6) is 0 Å². The van der Waals surface area contributed by atoms with E-state index in [1.807, 2.05) is 0 Å². The van der Waals surface area contributed by atoms with E-state index in [0.29, 0.717) is 5.91 Å². The zero-order valence-corrected chi connectivity index (χ0v) is 18.8. The van der Waals surface area contributed by atoms with E-state index in [-0.39, 0.29) is 24.8 Å². The van der Waals surface area contributed by atoms with Gasteiger partial charge in [0.2, 0.25) is 5.91 Å². The molecule has 0 aromatic heterocycles. The van der Waals surface area contributed by atoms with Crippen LogP contribution in [0.2, 0.25) is 0 Å². The number of nitrogens with one attached hydrogen (secondary N) is 1. The van der Waals surface area contributed by atoms with Crippen LogP contribution in [0.25, 0.3) is 0 Å². The zero-order chi connectivity index (χ0) is 17.6. The van der Waals surface area contributed by atoms with Gasteiger partial charge in [-0.05, 0) is 65.0 Å². The molecule has 3 rings (SSSR count). The fraction of sp³-hybridized carbons (Fsp3) is 0.950. The molecule has 0 aromatic carbocycles. The Morgan fingerprint density at radius 3 is 2.07 bits per heavy atom. The quantitative estimate of drug-likeness (QED) is 0.713. The molecule has 3 heterocycles. The second-order valence-corrected chi connectivity index (χ2v) is 8.47. The largest absolute Gasteiger partial charge is 0.340 e. The molecule has 2 unspecified atom stereocenters. The number of hydrogen-bond donors (Lipinski definition) is 1. The van der Waals surface area contributed by atoms with Gasteiger partial charge in [-0.25, -0.2) is 0 Å². The number of halogens is 2. The number of amides is 1. The smallest absolute Gasteiger partial charge is 0.222 e. The molecule has 3 fully saturated rings. The molecular weight excluding hydrogens is 383 g/mol. The first-order valence-electron chi connectivity index (χ1n) is 10.6. The molecule has 0 saturated carbocycles. The summed E-state index contributed by atoms with van der Waals surface area (Å²) < 4.78 is 0. The normalized spacial score (nSPS) is 27.9. The Balaban J connectivity index is 0.00000182. The van der Waals surface area contributed by atoms with Crippen LogP contribution >= 0.6 is 24.8 Å². The molecule has 160 valence electrons. The lowest BCUT2D eigenvalue weighted by molar-refractivity contribution is -0.133. The van der Waals surface area contributed by atoms with Crippen LogP contribution < -0.4 is 5.32 Å². The highest BCUT2D eigenvalue weighted by atomic mass is 35.5. The Morgan fingerprint density at radius 1 is 0.889 bits per heavy atom. The van der Waals surface area contributed by atoms with E-state index in [9.17, 15) is 4.79 Å². The first-order valence-corrected chi connectivity index (χ1v) is 10.6. The molecule has 0 bridgehead atoms. The van der Waals surface area contributed by atoms with Crippen molar-refractivity contribution in [1.29, 1.82) is 0 Å². The van der Waals surface area contributed by atoms with Crippen molar-refractivity contribution in [3.8, 4) is 0 Å². The topological polar surface area (TPSA) is 38.8 Å². The number of rotatable bonds is 6. The number of piperidine rings is 1. The minimum absolute atomic E-state index is 0. The van der Waals surface area contributed by atoms with Crippen LogP contribution in [0.4, 0.5) is 0 Å². The number of carbonyl (C=O) groups excluding carboxylic acids is 1. The fourth-order valence-corrected chi connectivity index (χ4v) is 4.82. The van der Waals surface area contributed by atoms with Crippen molar-refractivity contribution in [2.24, 2.45) is 5.92 Å². The standard InChI is InChI=1S/C20H38N4O.2ClH/c1-17-3-4-18(2)24(17)16-13-22-11-14-23(15-12-22)20(25)6-5-19-7-9-21-10-8-19;;/h17-19,21H,3-16H2,1-2H3;2*1H. The van der Waals surface area contributed by atoms with Crippen LogP contribution in [-0.2, 0) is 4.79 Å². The number of piperazine rings is 1. The third-order valence-corrected chi connectivity index (χ3v) is 6.76. The van der Waals surface area contributed by atoms with Crippen LogP contribution in [0.3, 0.4) is 0 Å². The summed E-state index contributed by atoms with van der Waals surface area (Å²) in [7, 11) is 0. The van der Waals surface area contributed by atoms with Gasteiger partial charge < -0.3 is 10.2 Å². The summed E-state index contributed by atoms with van der Waals surface area (Å²) in [6, 6.07) is 1.49. The van der Waals surface area contributed by atoms with Crippen molar-refractivity contribution in [2.45, 2.75) is 64.5 Å². The molecule has 3 aliphatic heterocycles. The van der Waals surface area contributed by atoms with Crippen molar-refractivity contribution < 1.29 is 4.79 Å². The molecule has 1 amide bonds. The van der Waals surface area contributed by atoms with Gasteiger partial charge in [0.25, 0.3) is 0 Å². The zero-order valence-electron chi connectivity index (χ0n) is 17.2. The van der Waals surface area contributed by atoms with Crippen LogP contribution in [0.1, 0.15) is 52.4 Å². The minimum Gasteiger partial charge on any atom is -0.340 e.